The monoisotopic (exact) mass is 294 g/mol. The molecule has 0 amide bonds. The van der Waals surface area contributed by atoms with E-state index in [1.807, 2.05) is 0 Å². The van der Waals surface area contributed by atoms with Crippen LogP contribution in [0.4, 0.5) is 30.7 Å². The smallest absolute Gasteiger partial charge is 0.356 e. The van der Waals surface area contributed by atoms with Crippen LogP contribution in [0, 0.1) is 0 Å². The van der Waals surface area contributed by atoms with Crippen LogP contribution in [0.2, 0.25) is 0 Å². The first-order valence-electron chi connectivity index (χ1n) is 5.67. The van der Waals surface area contributed by atoms with Crippen molar-refractivity contribution >= 4 is 0 Å². The summed E-state index contributed by atoms with van der Waals surface area (Å²) in [6.07, 6.45) is -9.80. The number of halogens is 7. The second kappa shape index (κ2) is 5.87. The van der Waals surface area contributed by atoms with Gasteiger partial charge in [0.1, 0.15) is 12.2 Å². The van der Waals surface area contributed by atoms with Gasteiger partial charge in [-0.05, 0) is 12.8 Å². The van der Waals surface area contributed by atoms with Crippen LogP contribution >= 0.6 is 0 Å². The van der Waals surface area contributed by atoms with E-state index in [2.05, 4.69) is 0 Å². The van der Waals surface area contributed by atoms with Crippen molar-refractivity contribution in [3.05, 3.63) is 12.2 Å². The Labute approximate surface area is 105 Å². The molecular weight excluding hydrogens is 281 g/mol. The third kappa shape index (κ3) is 4.17. The molecule has 9 heteroatoms. The lowest BCUT2D eigenvalue weighted by Crippen LogP contribution is -2.51. The summed E-state index contributed by atoms with van der Waals surface area (Å²) in [5, 5.41) is 0. The highest BCUT2D eigenvalue weighted by Crippen LogP contribution is 2.38. The SMILES string of the molecule is F/C=C(\N1CCCCCC1)N(C(F)(F)F)C(F)(F)F. The van der Waals surface area contributed by atoms with Gasteiger partial charge >= 0.3 is 12.6 Å². The third-order valence-electron chi connectivity index (χ3n) is 2.76. The summed E-state index contributed by atoms with van der Waals surface area (Å²) in [4.78, 5) is -1.00. The van der Waals surface area contributed by atoms with E-state index in [-0.39, 0.29) is 13.1 Å². The summed E-state index contributed by atoms with van der Waals surface area (Å²) in [7, 11) is 0. The number of likely N-dealkylation sites (tertiary alicyclic amines) is 1. The van der Waals surface area contributed by atoms with Gasteiger partial charge in [0.25, 0.3) is 0 Å². The Bertz CT molecular complexity index is 299. The van der Waals surface area contributed by atoms with Gasteiger partial charge in [-0.1, -0.05) is 12.8 Å². The summed E-state index contributed by atoms with van der Waals surface area (Å²) < 4.78 is 87.5. The lowest BCUT2D eigenvalue weighted by atomic mass is 10.2. The van der Waals surface area contributed by atoms with Crippen molar-refractivity contribution in [2.75, 3.05) is 13.1 Å². The molecule has 1 saturated heterocycles. The average molecular weight is 294 g/mol. The standard InChI is InChI=1S/C10H13F7N2/c11-7-8(18-5-3-1-2-4-6-18)19(9(12,13)14)10(15,16)17/h7H,1-6H2/b8-7+. The molecule has 0 saturated carbocycles. The predicted octanol–water partition coefficient (Wildman–Crippen LogP) is 3.97. The van der Waals surface area contributed by atoms with Crippen LogP contribution in [0.15, 0.2) is 12.2 Å². The van der Waals surface area contributed by atoms with Crippen LogP contribution in [0.5, 0.6) is 0 Å². The van der Waals surface area contributed by atoms with Gasteiger partial charge in [-0.25, -0.2) is 4.39 Å². The topological polar surface area (TPSA) is 6.48 Å². The van der Waals surface area contributed by atoms with E-state index >= 15 is 0 Å². The van der Waals surface area contributed by atoms with E-state index in [1.165, 1.54) is 0 Å². The maximum absolute atomic E-state index is 12.6. The molecule has 0 N–H and O–H groups in total. The second-order valence-electron chi connectivity index (χ2n) is 4.14. The van der Waals surface area contributed by atoms with Gasteiger partial charge in [0.2, 0.25) is 0 Å². The zero-order chi connectivity index (χ0) is 14.7. The van der Waals surface area contributed by atoms with Gasteiger partial charge in [-0.15, -0.1) is 26.3 Å². The molecule has 1 aliphatic rings. The zero-order valence-corrected chi connectivity index (χ0v) is 9.86. The van der Waals surface area contributed by atoms with E-state index in [0.717, 1.165) is 4.90 Å². The van der Waals surface area contributed by atoms with E-state index < -0.39 is 29.7 Å². The van der Waals surface area contributed by atoms with Gasteiger partial charge in [0.05, 0.1) is 0 Å². The summed E-state index contributed by atoms with van der Waals surface area (Å²) >= 11 is 0. The fraction of sp³-hybridized carbons (Fsp3) is 0.800. The number of nitrogens with zero attached hydrogens (tertiary/aromatic N) is 2. The van der Waals surface area contributed by atoms with Gasteiger partial charge in [0, 0.05) is 13.1 Å². The second-order valence-corrected chi connectivity index (χ2v) is 4.14. The van der Waals surface area contributed by atoms with Crippen molar-refractivity contribution in [1.29, 1.82) is 0 Å². The van der Waals surface area contributed by atoms with Crippen molar-refractivity contribution in [2.45, 2.75) is 38.3 Å². The molecule has 0 atom stereocenters. The first-order chi connectivity index (χ1) is 8.68. The van der Waals surface area contributed by atoms with Crippen molar-refractivity contribution in [2.24, 2.45) is 0 Å². The molecule has 1 fully saturated rings. The van der Waals surface area contributed by atoms with E-state index in [4.69, 9.17) is 0 Å². The first kappa shape index (κ1) is 15.9. The van der Waals surface area contributed by atoms with Gasteiger partial charge in [0.15, 0.2) is 0 Å². The maximum atomic E-state index is 12.6. The van der Waals surface area contributed by atoms with Gasteiger partial charge in [-0.3, -0.25) is 0 Å². The van der Waals surface area contributed by atoms with Gasteiger partial charge in [-0.2, -0.15) is 4.90 Å². The zero-order valence-electron chi connectivity index (χ0n) is 9.86. The van der Waals surface area contributed by atoms with Crippen LogP contribution in [-0.2, 0) is 0 Å². The highest BCUT2D eigenvalue weighted by molar-refractivity contribution is 5.00. The van der Waals surface area contributed by atoms with Crippen molar-refractivity contribution in [1.82, 2.24) is 9.80 Å². The molecular formula is C10H13F7N2. The molecule has 0 aromatic carbocycles. The molecule has 1 heterocycles. The number of alkyl halides is 6. The molecule has 112 valence electrons. The Morgan fingerprint density at radius 2 is 1.26 bits per heavy atom. The molecule has 0 aromatic heterocycles. The Hall–Kier alpha value is -1.15. The molecule has 1 aliphatic heterocycles. The number of hydrogen-bond acceptors (Lipinski definition) is 2. The quantitative estimate of drug-likeness (QED) is 0.561. The fourth-order valence-electron chi connectivity index (χ4n) is 1.96. The van der Waals surface area contributed by atoms with E-state index in [9.17, 15) is 30.7 Å². The van der Waals surface area contributed by atoms with Crippen LogP contribution < -0.4 is 0 Å². The number of rotatable bonds is 2. The van der Waals surface area contributed by atoms with Crippen molar-refractivity contribution in [3.8, 4) is 0 Å². The summed E-state index contributed by atoms with van der Waals surface area (Å²) in [5.74, 6) is -1.50. The average Bonchev–Trinajstić information content (AvgIpc) is 2.50. The van der Waals surface area contributed by atoms with Crippen LogP contribution in [0.1, 0.15) is 25.7 Å². The molecule has 2 nitrogen and oxygen atoms in total. The Morgan fingerprint density at radius 1 is 0.842 bits per heavy atom. The maximum Gasteiger partial charge on any atom is 0.493 e. The third-order valence-corrected chi connectivity index (χ3v) is 2.76. The Kier molecular flexibility index (Phi) is 4.92. The van der Waals surface area contributed by atoms with Crippen LogP contribution in [0.25, 0.3) is 0 Å². The Morgan fingerprint density at radius 3 is 1.58 bits per heavy atom. The molecule has 0 bridgehead atoms. The lowest BCUT2D eigenvalue weighted by Gasteiger charge is -2.36. The first-order valence-corrected chi connectivity index (χ1v) is 5.67. The summed E-state index contributed by atoms with van der Waals surface area (Å²) in [6.45, 7) is -0.0587. The van der Waals surface area contributed by atoms with E-state index in [0.29, 0.717) is 25.7 Å². The highest BCUT2D eigenvalue weighted by atomic mass is 19.4. The van der Waals surface area contributed by atoms with Crippen LogP contribution in [0.3, 0.4) is 0 Å². The minimum atomic E-state index is -5.72. The Balaban J connectivity index is 3.03. The van der Waals surface area contributed by atoms with Crippen molar-refractivity contribution in [3.63, 3.8) is 0 Å². The minimum absolute atomic E-state index is 0.0294. The fourth-order valence-corrected chi connectivity index (χ4v) is 1.96. The molecule has 0 radical (unpaired) electrons. The molecule has 0 aromatic rings. The number of hydrogen-bond donors (Lipinski definition) is 0. The van der Waals surface area contributed by atoms with Crippen molar-refractivity contribution < 1.29 is 30.7 Å². The van der Waals surface area contributed by atoms with E-state index in [1.54, 1.807) is 0 Å². The molecule has 19 heavy (non-hydrogen) atoms. The van der Waals surface area contributed by atoms with Gasteiger partial charge < -0.3 is 4.90 Å². The molecule has 0 spiro atoms. The minimum Gasteiger partial charge on any atom is -0.356 e. The summed E-state index contributed by atoms with van der Waals surface area (Å²) in [6, 6.07) is 0. The highest BCUT2D eigenvalue weighted by Gasteiger charge is 2.56. The predicted molar refractivity (Wildman–Crippen MR) is 53.2 cm³/mol. The van der Waals surface area contributed by atoms with Crippen LogP contribution in [-0.4, -0.2) is 35.5 Å². The molecule has 0 unspecified atom stereocenters. The largest absolute Gasteiger partial charge is 0.493 e. The molecule has 1 rings (SSSR count). The lowest BCUT2D eigenvalue weighted by molar-refractivity contribution is -0.365. The normalized spacial score (nSPS) is 19.3. The summed E-state index contributed by atoms with van der Waals surface area (Å²) in [5.41, 5.74) is 0. The molecule has 0 aliphatic carbocycles.